The van der Waals surface area contributed by atoms with Crippen LogP contribution in [0.25, 0.3) is 0 Å². The second kappa shape index (κ2) is 11.6. The number of aromatic hydroxyl groups is 1. The summed E-state index contributed by atoms with van der Waals surface area (Å²) in [6, 6.07) is 9.35. The number of carboxylic acids is 1. The molecule has 2 rings (SSSR count). The zero-order chi connectivity index (χ0) is 23.7. The van der Waals surface area contributed by atoms with Crippen LogP contribution in [0.1, 0.15) is 46.9 Å². The largest absolute Gasteiger partial charge is 0.507 e. The third kappa shape index (κ3) is 6.88. The van der Waals surface area contributed by atoms with Crippen molar-refractivity contribution in [3.63, 3.8) is 0 Å². The fourth-order valence-electron chi connectivity index (χ4n) is 2.76. The quantitative estimate of drug-likeness (QED) is 0.375. The highest BCUT2D eigenvalue weighted by molar-refractivity contribution is 6.00. The van der Waals surface area contributed by atoms with Crippen molar-refractivity contribution in [2.24, 2.45) is 10.2 Å². The maximum absolute atomic E-state index is 12.9. The molecule has 10 heteroatoms. The maximum Gasteiger partial charge on any atom is 0.347 e. The van der Waals surface area contributed by atoms with E-state index >= 15 is 0 Å². The molecule has 0 radical (unpaired) electrons. The fraction of sp³-hybridized carbons (Fsp3) is 0.318. The molecule has 0 aliphatic carbocycles. The standard InChI is InChI=1S/C22H26N4O6/c1-4-5-9-18(22(31)32-26(2)3)23-20(28)15-8-6-7-10-17(15)25-24-14-11-12-19(27)16(13-14)21(29)30/h6-8,10-13,18,27H,4-5,9H2,1-3H3,(H,23,28)(H,29,30). The van der Waals surface area contributed by atoms with Crippen LogP contribution in [0.15, 0.2) is 52.7 Å². The van der Waals surface area contributed by atoms with Gasteiger partial charge in [0.25, 0.3) is 5.91 Å². The molecule has 0 aliphatic heterocycles. The van der Waals surface area contributed by atoms with Gasteiger partial charge in [-0.25, -0.2) is 9.59 Å². The lowest BCUT2D eigenvalue weighted by Gasteiger charge is -2.19. The summed E-state index contributed by atoms with van der Waals surface area (Å²) in [5.74, 6) is -2.78. The van der Waals surface area contributed by atoms with Gasteiger partial charge in [0.15, 0.2) is 0 Å². The SMILES string of the molecule is CCCCC(NC(=O)c1ccccc1N=Nc1ccc(O)c(C(=O)O)c1)C(=O)ON(C)C. The highest BCUT2D eigenvalue weighted by Crippen LogP contribution is 2.26. The molecule has 170 valence electrons. The van der Waals surface area contributed by atoms with Gasteiger partial charge in [-0.3, -0.25) is 4.79 Å². The van der Waals surface area contributed by atoms with Crippen molar-refractivity contribution in [3.05, 3.63) is 53.6 Å². The summed E-state index contributed by atoms with van der Waals surface area (Å²) in [7, 11) is 3.15. The minimum atomic E-state index is -1.30. The Labute approximate surface area is 185 Å². The number of carboxylic acid groups (broad SMARTS) is 1. The van der Waals surface area contributed by atoms with Crippen molar-refractivity contribution in [2.45, 2.75) is 32.2 Å². The molecular formula is C22H26N4O6. The number of unbranched alkanes of at least 4 members (excludes halogenated alkanes) is 1. The lowest BCUT2D eigenvalue weighted by molar-refractivity contribution is -0.180. The molecule has 2 aromatic rings. The minimum absolute atomic E-state index is 0.186. The average Bonchev–Trinajstić information content (AvgIpc) is 2.75. The van der Waals surface area contributed by atoms with Gasteiger partial charge in [0.1, 0.15) is 17.4 Å². The van der Waals surface area contributed by atoms with Gasteiger partial charge in [0.05, 0.1) is 16.9 Å². The van der Waals surface area contributed by atoms with Gasteiger partial charge in [-0.15, -0.1) is 10.2 Å². The maximum atomic E-state index is 12.9. The normalized spacial score (nSPS) is 12.0. The Morgan fingerprint density at radius 1 is 1.09 bits per heavy atom. The van der Waals surface area contributed by atoms with Gasteiger partial charge in [0.2, 0.25) is 0 Å². The number of hydroxylamine groups is 2. The second-order valence-corrected chi connectivity index (χ2v) is 7.11. The van der Waals surface area contributed by atoms with Crippen LogP contribution >= 0.6 is 0 Å². The molecule has 1 unspecified atom stereocenters. The number of benzene rings is 2. The van der Waals surface area contributed by atoms with Crippen LogP contribution in [0, 0.1) is 0 Å². The van der Waals surface area contributed by atoms with Gasteiger partial charge in [-0.1, -0.05) is 31.9 Å². The molecule has 32 heavy (non-hydrogen) atoms. The monoisotopic (exact) mass is 442 g/mol. The van der Waals surface area contributed by atoms with Crippen molar-refractivity contribution < 1.29 is 29.4 Å². The minimum Gasteiger partial charge on any atom is -0.507 e. The van der Waals surface area contributed by atoms with E-state index in [1.54, 1.807) is 32.3 Å². The first-order chi connectivity index (χ1) is 15.2. The van der Waals surface area contributed by atoms with Crippen LogP contribution in [-0.2, 0) is 9.63 Å². The first kappa shape index (κ1) is 24.5. The van der Waals surface area contributed by atoms with E-state index < -0.39 is 23.9 Å². The Morgan fingerprint density at radius 2 is 1.81 bits per heavy atom. The zero-order valence-corrected chi connectivity index (χ0v) is 18.1. The third-order valence-corrected chi connectivity index (χ3v) is 4.34. The molecule has 0 bridgehead atoms. The van der Waals surface area contributed by atoms with Crippen LogP contribution in [0.4, 0.5) is 11.4 Å². The number of nitrogens with one attached hydrogen (secondary N) is 1. The predicted molar refractivity (Wildman–Crippen MR) is 116 cm³/mol. The van der Waals surface area contributed by atoms with Gasteiger partial charge in [-0.2, -0.15) is 5.11 Å². The molecule has 0 aliphatic rings. The van der Waals surface area contributed by atoms with E-state index in [0.717, 1.165) is 12.8 Å². The molecule has 0 spiro atoms. The molecule has 2 aromatic carbocycles. The van der Waals surface area contributed by atoms with Gasteiger partial charge >= 0.3 is 11.9 Å². The van der Waals surface area contributed by atoms with Crippen molar-refractivity contribution in [3.8, 4) is 5.75 Å². The summed E-state index contributed by atoms with van der Waals surface area (Å²) in [4.78, 5) is 41.5. The summed E-state index contributed by atoms with van der Waals surface area (Å²) in [5, 5.41) is 30.7. The Balaban J connectivity index is 2.25. The summed E-state index contributed by atoms with van der Waals surface area (Å²) < 4.78 is 0. The molecular weight excluding hydrogens is 416 g/mol. The summed E-state index contributed by atoms with van der Waals surface area (Å²) in [6.45, 7) is 1.98. The topological polar surface area (TPSA) is 141 Å². The van der Waals surface area contributed by atoms with E-state index in [-0.39, 0.29) is 28.3 Å². The number of carbonyl (C=O) groups excluding carboxylic acids is 2. The molecule has 10 nitrogen and oxygen atoms in total. The number of amides is 1. The van der Waals surface area contributed by atoms with Crippen molar-refractivity contribution in [1.29, 1.82) is 0 Å². The first-order valence-electron chi connectivity index (χ1n) is 10.00. The third-order valence-electron chi connectivity index (χ3n) is 4.34. The smallest absolute Gasteiger partial charge is 0.347 e. The van der Waals surface area contributed by atoms with Crippen LogP contribution < -0.4 is 5.32 Å². The van der Waals surface area contributed by atoms with Crippen LogP contribution in [0.5, 0.6) is 5.75 Å². The number of azo groups is 1. The van der Waals surface area contributed by atoms with Crippen LogP contribution in [-0.4, -0.2) is 53.3 Å². The number of hydrogen-bond donors (Lipinski definition) is 3. The average molecular weight is 442 g/mol. The summed E-state index contributed by atoms with van der Waals surface area (Å²) >= 11 is 0. The number of aromatic carboxylic acids is 1. The lowest BCUT2D eigenvalue weighted by atomic mass is 10.1. The Bertz CT molecular complexity index is 1010. The van der Waals surface area contributed by atoms with Gasteiger partial charge in [-0.05, 0) is 36.8 Å². The number of rotatable bonds is 10. The fourth-order valence-corrected chi connectivity index (χ4v) is 2.76. The number of hydrogen-bond acceptors (Lipinski definition) is 8. The van der Waals surface area contributed by atoms with E-state index in [2.05, 4.69) is 15.5 Å². The highest BCUT2D eigenvalue weighted by atomic mass is 16.7. The van der Waals surface area contributed by atoms with Crippen molar-refractivity contribution in [2.75, 3.05) is 14.1 Å². The van der Waals surface area contributed by atoms with Gasteiger partial charge in [0, 0.05) is 14.1 Å². The molecule has 1 atom stereocenters. The van der Waals surface area contributed by atoms with Gasteiger partial charge < -0.3 is 20.4 Å². The molecule has 0 fully saturated rings. The van der Waals surface area contributed by atoms with E-state index in [0.29, 0.717) is 6.42 Å². The number of carbonyl (C=O) groups is 3. The molecule has 0 aromatic heterocycles. The second-order valence-electron chi connectivity index (χ2n) is 7.11. The van der Waals surface area contributed by atoms with E-state index in [1.807, 2.05) is 6.92 Å². The number of nitrogens with zero attached hydrogens (tertiary/aromatic N) is 3. The first-order valence-corrected chi connectivity index (χ1v) is 10.00. The van der Waals surface area contributed by atoms with E-state index in [9.17, 15) is 19.5 Å². The molecule has 0 saturated carbocycles. The van der Waals surface area contributed by atoms with Crippen molar-refractivity contribution in [1.82, 2.24) is 10.4 Å². The van der Waals surface area contributed by atoms with Crippen LogP contribution in [0.2, 0.25) is 0 Å². The zero-order valence-electron chi connectivity index (χ0n) is 18.1. The van der Waals surface area contributed by atoms with E-state index in [4.69, 9.17) is 9.94 Å². The Kier molecular flexibility index (Phi) is 8.84. The lowest BCUT2D eigenvalue weighted by Crippen LogP contribution is -2.43. The van der Waals surface area contributed by atoms with Crippen molar-refractivity contribution >= 4 is 29.2 Å². The molecule has 3 N–H and O–H groups in total. The molecule has 1 amide bonds. The summed E-state index contributed by atoms with van der Waals surface area (Å²) in [5.41, 5.74) is 0.286. The van der Waals surface area contributed by atoms with E-state index in [1.165, 1.54) is 29.3 Å². The molecule has 0 saturated heterocycles. The predicted octanol–water partition coefficient (Wildman–Crippen LogP) is 3.81. The Morgan fingerprint density at radius 3 is 2.47 bits per heavy atom. The summed E-state index contributed by atoms with van der Waals surface area (Å²) in [6.07, 6.45) is 1.99. The van der Waals surface area contributed by atoms with Crippen LogP contribution in [0.3, 0.4) is 0 Å². The number of phenols is 1. The Hall–Kier alpha value is -3.79. The molecule has 0 heterocycles. The highest BCUT2D eigenvalue weighted by Gasteiger charge is 2.24.